The zero-order valence-electron chi connectivity index (χ0n) is 16.2. The number of pyridine rings is 1. The van der Waals surface area contributed by atoms with Crippen molar-refractivity contribution in [2.24, 2.45) is 0 Å². The Kier molecular flexibility index (Phi) is 5.15. The average Bonchev–Trinajstić information content (AvgIpc) is 2.78. The number of fused-ring (bicyclic) bond motifs is 1. The van der Waals surface area contributed by atoms with Crippen molar-refractivity contribution in [3.05, 3.63) is 66.0 Å². The fraction of sp³-hybridized carbons (Fsp3) is 0.304. The first-order valence-electron chi connectivity index (χ1n) is 9.55. The lowest BCUT2D eigenvalue weighted by Crippen LogP contribution is -2.38. The topological polar surface area (TPSA) is 51.7 Å². The molecule has 28 heavy (non-hydrogen) atoms. The Hall–Kier alpha value is -3.08. The number of ether oxygens (including phenoxy) is 2. The highest BCUT2D eigenvalue weighted by Gasteiger charge is 2.27. The van der Waals surface area contributed by atoms with Crippen LogP contribution < -0.4 is 9.47 Å². The summed E-state index contributed by atoms with van der Waals surface area (Å²) in [6.07, 6.45) is 3.77. The highest BCUT2D eigenvalue weighted by Crippen LogP contribution is 2.31. The first-order valence-corrected chi connectivity index (χ1v) is 9.55. The van der Waals surface area contributed by atoms with E-state index in [0.717, 1.165) is 23.9 Å². The van der Waals surface area contributed by atoms with Crippen molar-refractivity contribution in [2.45, 2.75) is 18.8 Å². The Morgan fingerprint density at radius 1 is 1.00 bits per heavy atom. The molecule has 1 fully saturated rings. The fourth-order valence-electron chi connectivity index (χ4n) is 3.85. The number of aromatic nitrogens is 1. The molecular formula is C23H24N2O3. The third-order valence-electron chi connectivity index (χ3n) is 5.49. The maximum absolute atomic E-state index is 13.0. The van der Waals surface area contributed by atoms with Gasteiger partial charge in [0.05, 0.1) is 19.8 Å². The van der Waals surface area contributed by atoms with E-state index in [9.17, 15) is 4.79 Å². The van der Waals surface area contributed by atoms with E-state index >= 15 is 0 Å². The molecule has 0 bridgehead atoms. The van der Waals surface area contributed by atoms with Crippen molar-refractivity contribution in [1.82, 2.24) is 9.88 Å². The van der Waals surface area contributed by atoms with Gasteiger partial charge >= 0.3 is 0 Å². The molecule has 4 rings (SSSR count). The number of benzene rings is 2. The van der Waals surface area contributed by atoms with Gasteiger partial charge in [0, 0.05) is 42.4 Å². The lowest BCUT2D eigenvalue weighted by molar-refractivity contribution is 0.0708. The number of hydrogen-bond acceptors (Lipinski definition) is 4. The zero-order valence-corrected chi connectivity index (χ0v) is 16.2. The molecule has 0 aliphatic carbocycles. The number of likely N-dealkylation sites (tertiary alicyclic amines) is 1. The highest BCUT2D eigenvalue weighted by atomic mass is 16.5. The molecule has 1 aromatic heterocycles. The standard InChI is InChI=1S/C23H24N2O3/c1-27-19-7-8-20(22(14-19)28-2)23(26)25-11-9-16(10-12-25)21-13-17-5-3-4-6-18(17)15-24-21/h3-8,13-16H,9-12H2,1-2H3. The Balaban J connectivity index is 1.47. The summed E-state index contributed by atoms with van der Waals surface area (Å²) in [6, 6.07) is 15.8. The number of rotatable bonds is 4. The summed E-state index contributed by atoms with van der Waals surface area (Å²) in [5.74, 6) is 1.60. The maximum atomic E-state index is 13.0. The number of amides is 1. The number of hydrogen-bond donors (Lipinski definition) is 0. The van der Waals surface area contributed by atoms with E-state index in [4.69, 9.17) is 9.47 Å². The van der Waals surface area contributed by atoms with Gasteiger partial charge in [-0.15, -0.1) is 0 Å². The molecule has 1 amide bonds. The Labute approximate surface area is 164 Å². The second-order valence-corrected chi connectivity index (χ2v) is 7.09. The van der Waals surface area contributed by atoms with E-state index in [1.165, 1.54) is 5.39 Å². The lowest BCUT2D eigenvalue weighted by Gasteiger charge is -2.32. The molecule has 0 atom stereocenters. The number of carbonyl (C=O) groups is 1. The minimum Gasteiger partial charge on any atom is -0.497 e. The number of carbonyl (C=O) groups excluding carboxylic acids is 1. The summed E-state index contributed by atoms with van der Waals surface area (Å²) in [6.45, 7) is 1.43. The van der Waals surface area contributed by atoms with Crippen LogP contribution in [-0.4, -0.2) is 43.1 Å². The maximum Gasteiger partial charge on any atom is 0.257 e. The zero-order chi connectivity index (χ0) is 19.5. The normalized spacial score (nSPS) is 14.9. The molecule has 2 heterocycles. The minimum absolute atomic E-state index is 0.00410. The van der Waals surface area contributed by atoms with Gasteiger partial charge < -0.3 is 14.4 Å². The molecule has 144 valence electrons. The number of piperidine rings is 1. The molecular weight excluding hydrogens is 352 g/mol. The molecule has 1 aliphatic rings. The van der Waals surface area contributed by atoms with Crippen LogP contribution >= 0.6 is 0 Å². The van der Waals surface area contributed by atoms with Crippen molar-refractivity contribution in [2.75, 3.05) is 27.3 Å². The van der Waals surface area contributed by atoms with E-state index in [1.807, 2.05) is 17.2 Å². The van der Waals surface area contributed by atoms with Crippen molar-refractivity contribution >= 4 is 16.7 Å². The summed E-state index contributed by atoms with van der Waals surface area (Å²) in [4.78, 5) is 19.6. The van der Waals surface area contributed by atoms with Crippen LogP contribution in [0.3, 0.4) is 0 Å². The van der Waals surface area contributed by atoms with Gasteiger partial charge in [-0.25, -0.2) is 0 Å². The van der Waals surface area contributed by atoms with Gasteiger partial charge in [0.1, 0.15) is 11.5 Å². The van der Waals surface area contributed by atoms with Crippen LogP contribution in [0.2, 0.25) is 0 Å². The van der Waals surface area contributed by atoms with Crippen LogP contribution in [0.4, 0.5) is 0 Å². The minimum atomic E-state index is 0.00410. The Morgan fingerprint density at radius 3 is 2.46 bits per heavy atom. The summed E-state index contributed by atoms with van der Waals surface area (Å²) in [5.41, 5.74) is 1.69. The van der Waals surface area contributed by atoms with Gasteiger partial charge in [0.15, 0.2) is 0 Å². The van der Waals surface area contributed by atoms with Crippen molar-refractivity contribution in [3.8, 4) is 11.5 Å². The summed E-state index contributed by atoms with van der Waals surface area (Å²) in [5, 5.41) is 2.37. The second-order valence-electron chi connectivity index (χ2n) is 7.09. The summed E-state index contributed by atoms with van der Waals surface area (Å²) < 4.78 is 10.6. The number of nitrogens with zero attached hydrogens (tertiary/aromatic N) is 2. The van der Waals surface area contributed by atoms with Crippen LogP contribution in [0, 0.1) is 0 Å². The quantitative estimate of drug-likeness (QED) is 0.682. The highest BCUT2D eigenvalue weighted by molar-refractivity contribution is 5.97. The van der Waals surface area contributed by atoms with Crippen LogP contribution in [0.1, 0.15) is 34.8 Å². The van der Waals surface area contributed by atoms with Crippen LogP contribution in [-0.2, 0) is 0 Å². The molecule has 0 spiro atoms. The molecule has 0 N–H and O–H groups in total. The largest absolute Gasteiger partial charge is 0.497 e. The molecule has 5 nitrogen and oxygen atoms in total. The molecule has 1 aliphatic heterocycles. The van der Waals surface area contributed by atoms with Crippen molar-refractivity contribution in [1.29, 1.82) is 0 Å². The third kappa shape index (κ3) is 3.52. The fourth-order valence-corrected chi connectivity index (χ4v) is 3.85. The molecule has 0 radical (unpaired) electrons. The first-order chi connectivity index (χ1) is 13.7. The number of methoxy groups -OCH3 is 2. The lowest BCUT2D eigenvalue weighted by atomic mass is 9.92. The summed E-state index contributed by atoms with van der Waals surface area (Å²) in [7, 11) is 3.17. The van der Waals surface area contributed by atoms with Crippen molar-refractivity contribution < 1.29 is 14.3 Å². The summed E-state index contributed by atoms with van der Waals surface area (Å²) >= 11 is 0. The van der Waals surface area contributed by atoms with Crippen molar-refractivity contribution in [3.63, 3.8) is 0 Å². The van der Waals surface area contributed by atoms with Gasteiger partial charge in [-0.3, -0.25) is 9.78 Å². The molecule has 3 aromatic rings. The van der Waals surface area contributed by atoms with Gasteiger partial charge in [0.2, 0.25) is 0 Å². The SMILES string of the molecule is COc1ccc(C(=O)N2CCC(c3cc4ccccc4cn3)CC2)c(OC)c1. The Bertz CT molecular complexity index is 994. The van der Waals surface area contributed by atoms with Gasteiger partial charge in [0.25, 0.3) is 5.91 Å². The van der Waals surface area contributed by atoms with Crippen LogP contribution in [0.25, 0.3) is 10.8 Å². The van der Waals surface area contributed by atoms with E-state index in [2.05, 4.69) is 29.2 Å². The monoisotopic (exact) mass is 376 g/mol. The Morgan fingerprint density at radius 2 is 1.75 bits per heavy atom. The molecule has 5 heteroatoms. The third-order valence-corrected chi connectivity index (χ3v) is 5.49. The average molecular weight is 376 g/mol. The van der Waals surface area contributed by atoms with Crippen LogP contribution in [0.15, 0.2) is 54.7 Å². The molecule has 2 aromatic carbocycles. The van der Waals surface area contributed by atoms with E-state index in [-0.39, 0.29) is 5.91 Å². The van der Waals surface area contributed by atoms with Gasteiger partial charge in [-0.05, 0) is 36.4 Å². The predicted octanol–water partition coefficient (Wildman–Crippen LogP) is 4.27. The molecule has 1 saturated heterocycles. The second kappa shape index (κ2) is 7.89. The smallest absolute Gasteiger partial charge is 0.257 e. The van der Waals surface area contributed by atoms with E-state index in [0.29, 0.717) is 36.1 Å². The van der Waals surface area contributed by atoms with Gasteiger partial charge in [-0.1, -0.05) is 24.3 Å². The van der Waals surface area contributed by atoms with Gasteiger partial charge in [-0.2, -0.15) is 0 Å². The molecule has 0 unspecified atom stereocenters. The first kappa shape index (κ1) is 18.3. The van der Waals surface area contributed by atoms with E-state index in [1.54, 1.807) is 32.4 Å². The molecule has 0 saturated carbocycles. The predicted molar refractivity (Wildman–Crippen MR) is 109 cm³/mol. The van der Waals surface area contributed by atoms with Crippen LogP contribution in [0.5, 0.6) is 11.5 Å². The van der Waals surface area contributed by atoms with E-state index < -0.39 is 0 Å².